The van der Waals surface area contributed by atoms with Crippen LogP contribution >= 0.6 is 0 Å². The average molecular weight is 281 g/mol. The molecule has 0 saturated carbocycles. The summed E-state index contributed by atoms with van der Waals surface area (Å²) in [5.41, 5.74) is -0.401. The number of hydrogen-bond acceptors (Lipinski definition) is 4. The number of carbonyl (C=O) groups excluding carboxylic acids is 1. The molecule has 112 valence electrons. The van der Waals surface area contributed by atoms with Crippen LogP contribution in [0.15, 0.2) is 10.4 Å². The Balaban J connectivity index is 2.29. The minimum absolute atomic E-state index is 0.280. The first-order valence-corrected chi connectivity index (χ1v) is 7.01. The maximum Gasteiger partial charge on any atom is 0.411 e. The van der Waals surface area contributed by atoms with Crippen LogP contribution in [0.5, 0.6) is 0 Å². The molecule has 0 aromatic heterocycles. The molecule has 20 heavy (non-hydrogen) atoms. The van der Waals surface area contributed by atoms with Crippen LogP contribution in [0, 0.1) is 4.91 Å². The van der Waals surface area contributed by atoms with Crippen molar-refractivity contribution in [2.75, 3.05) is 0 Å². The van der Waals surface area contributed by atoms with Gasteiger partial charge in [0, 0.05) is 29.6 Å². The third-order valence-electron chi connectivity index (χ3n) is 4.21. The molecule has 0 radical (unpaired) electrons. The van der Waals surface area contributed by atoms with Crippen LogP contribution < -0.4 is 0 Å². The van der Waals surface area contributed by atoms with Crippen LogP contribution in [0.1, 0.15) is 60.3 Å². The van der Waals surface area contributed by atoms with Crippen molar-refractivity contribution in [3.8, 4) is 0 Å². The van der Waals surface area contributed by atoms with Crippen LogP contribution in [0.3, 0.4) is 0 Å². The quantitative estimate of drug-likeness (QED) is 0.546. The monoisotopic (exact) mass is 281 g/mol. The summed E-state index contributed by atoms with van der Waals surface area (Å²) in [6, 6.07) is 0. The van der Waals surface area contributed by atoms with Crippen molar-refractivity contribution >= 4 is 11.8 Å². The van der Waals surface area contributed by atoms with Crippen LogP contribution in [-0.2, 0) is 4.74 Å². The number of carbonyl (C=O) groups is 1. The number of amides is 1. The van der Waals surface area contributed by atoms with Crippen molar-refractivity contribution < 1.29 is 9.53 Å². The van der Waals surface area contributed by atoms with Crippen molar-refractivity contribution in [1.29, 1.82) is 0 Å². The lowest BCUT2D eigenvalue weighted by molar-refractivity contribution is -0.0176. The van der Waals surface area contributed by atoms with Gasteiger partial charge in [0.1, 0.15) is 5.60 Å². The van der Waals surface area contributed by atoms with E-state index in [4.69, 9.17) is 4.74 Å². The lowest BCUT2D eigenvalue weighted by atomic mass is 9.84. The van der Waals surface area contributed by atoms with Gasteiger partial charge >= 0.3 is 6.09 Å². The van der Waals surface area contributed by atoms with Gasteiger partial charge in [-0.05, 0) is 47.5 Å². The summed E-state index contributed by atoms with van der Waals surface area (Å²) in [4.78, 5) is 24.8. The maximum absolute atomic E-state index is 12.5. The highest BCUT2D eigenvalue weighted by atomic mass is 16.6. The Labute approximate surface area is 119 Å². The molecule has 0 spiro atoms. The third kappa shape index (κ3) is 2.55. The molecule has 0 aromatic rings. The second-order valence-electron chi connectivity index (χ2n) is 7.41. The van der Waals surface area contributed by atoms with Gasteiger partial charge < -0.3 is 4.74 Å². The molecule has 2 saturated heterocycles. The van der Waals surface area contributed by atoms with E-state index in [1.807, 2.05) is 39.5 Å². The second kappa shape index (κ2) is 4.53. The molecule has 2 bridgehead atoms. The number of rotatable bonds is 1. The van der Waals surface area contributed by atoms with Crippen LogP contribution in [-0.4, -0.2) is 33.4 Å². The van der Waals surface area contributed by atoms with E-state index in [1.54, 1.807) is 0 Å². The van der Waals surface area contributed by atoms with E-state index in [0.717, 1.165) is 18.6 Å². The molecule has 0 N–H and O–H groups in total. The lowest BCUT2D eigenvalue weighted by Crippen LogP contribution is -2.60. The fourth-order valence-corrected chi connectivity index (χ4v) is 3.57. The van der Waals surface area contributed by atoms with Crippen LogP contribution in [0.25, 0.3) is 0 Å². The van der Waals surface area contributed by atoms with Crippen molar-refractivity contribution in [2.45, 2.75) is 77.0 Å². The van der Waals surface area contributed by atoms with Gasteiger partial charge in [-0.25, -0.2) is 4.79 Å². The molecule has 2 atom stereocenters. The first kappa shape index (κ1) is 14.9. The number of ether oxygens (including phenoxy) is 1. The molecule has 2 heterocycles. The molecule has 2 fully saturated rings. The highest BCUT2D eigenvalue weighted by molar-refractivity contribution is 5.90. The van der Waals surface area contributed by atoms with Gasteiger partial charge in [0.05, 0.1) is 5.29 Å². The normalized spacial score (nSPS) is 33.0. The minimum atomic E-state index is -0.512. The maximum atomic E-state index is 12.5. The van der Waals surface area contributed by atoms with Crippen LogP contribution in [0.4, 0.5) is 4.79 Å². The first-order valence-electron chi connectivity index (χ1n) is 7.01. The molecule has 0 aromatic carbocycles. The Hall–Kier alpha value is -1.46. The molecule has 0 aliphatic carbocycles. The van der Waals surface area contributed by atoms with E-state index < -0.39 is 5.60 Å². The van der Waals surface area contributed by atoms with E-state index in [9.17, 15) is 9.70 Å². The number of hydrogen-bond donors (Lipinski definition) is 0. The zero-order valence-electron chi connectivity index (χ0n) is 12.9. The molecule has 1 amide bonds. The number of fused-ring (bicyclic) bond motifs is 2. The Morgan fingerprint density at radius 1 is 1.20 bits per heavy atom. The molecule has 2 rings (SSSR count). The summed E-state index contributed by atoms with van der Waals surface area (Å²) in [5.74, 6) is 0. The van der Waals surface area contributed by atoms with Crippen molar-refractivity contribution in [3.05, 3.63) is 4.91 Å². The van der Waals surface area contributed by atoms with Crippen molar-refractivity contribution in [2.24, 2.45) is 10.4 Å². The smallest absolute Gasteiger partial charge is 0.411 e. The van der Waals surface area contributed by atoms with Crippen LogP contribution in [0.2, 0.25) is 0 Å². The SMILES string of the molecule is CC(C)(C)OC(=O)N1C2(C)CCC1(C)CC(=NN=O)C2. The van der Waals surface area contributed by atoms with Crippen molar-refractivity contribution in [3.63, 3.8) is 0 Å². The molecular weight excluding hydrogens is 258 g/mol. The van der Waals surface area contributed by atoms with E-state index in [1.165, 1.54) is 0 Å². The van der Waals surface area contributed by atoms with Gasteiger partial charge in [0.15, 0.2) is 0 Å². The second-order valence-corrected chi connectivity index (χ2v) is 7.41. The average Bonchev–Trinajstić information content (AvgIpc) is 2.40. The molecule has 2 unspecified atom stereocenters. The molecule has 2 aliphatic rings. The van der Waals surface area contributed by atoms with Crippen molar-refractivity contribution in [1.82, 2.24) is 4.90 Å². The van der Waals surface area contributed by atoms with E-state index in [0.29, 0.717) is 12.8 Å². The van der Waals surface area contributed by atoms with E-state index in [2.05, 4.69) is 10.4 Å². The molecular formula is C14H23N3O3. The molecule has 2 aliphatic heterocycles. The van der Waals surface area contributed by atoms with Gasteiger partial charge in [-0.3, -0.25) is 4.90 Å². The Kier molecular flexibility index (Phi) is 3.38. The topological polar surface area (TPSA) is 71.3 Å². The fourth-order valence-electron chi connectivity index (χ4n) is 3.57. The Morgan fingerprint density at radius 3 is 2.10 bits per heavy atom. The summed E-state index contributed by atoms with van der Waals surface area (Å²) in [6.07, 6.45) is 2.68. The number of nitroso groups, excluding NO2 is 1. The van der Waals surface area contributed by atoms with E-state index >= 15 is 0 Å². The number of piperidine rings is 1. The van der Waals surface area contributed by atoms with Gasteiger partial charge in [0.25, 0.3) is 0 Å². The lowest BCUT2D eigenvalue weighted by Gasteiger charge is -2.48. The summed E-state index contributed by atoms with van der Waals surface area (Å²) in [5, 5.41) is 6.34. The highest BCUT2D eigenvalue weighted by Crippen LogP contribution is 2.50. The predicted molar refractivity (Wildman–Crippen MR) is 76.6 cm³/mol. The predicted octanol–water partition coefficient (Wildman–Crippen LogP) is 3.45. The number of nitrogens with zero attached hydrogens (tertiary/aromatic N) is 3. The Bertz CT molecular complexity index is 447. The Morgan fingerprint density at radius 2 is 1.70 bits per heavy atom. The fraction of sp³-hybridized carbons (Fsp3) is 0.857. The summed E-state index contributed by atoms with van der Waals surface area (Å²) >= 11 is 0. The summed E-state index contributed by atoms with van der Waals surface area (Å²) < 4.78 is 5.55. The van der Waals surface area contributed by atoms with Gasteiger partial charge in [-0.1, -0.05) is 0 Å². The third-order valence-corrected chi connectivity index (χ3v) is 4.21. The largest absolute Gasteiger partial charge is 0.444 e. The summed E-state index contributed by atoms with van der Waals surface area (Å²) in [7, 11) is 0. The zero-order chi connectivity index (χ0) is 15.2. The minimum Gasteiger partial charge on any atom is -0.444 e. The standard InChI is InChI=1S/C14H23N3O3/c1-12(2,3)20-11(18)17-13(4)6-7-14(17,5)9-10(8-13)15-16-19/h6-9H2,1-5H3. The van der Waals surface area contributed by atoms with Gasteiger partial charge in [-0.15, -0.1) is 10.0 Å². The van der Waals surface area contributed by atoms with Gasteiger partial charge in [-0.2, -0.15) is 0 Å². The molecule has 6 nitrogen and oxygen atoms in total. The first-order chi connectivity index (χ1) is 9.10. The van der Waals surface area contributed by atoms with Gasteiger partial charge in [0.2, 0.25) is 0 Å². The van der Waals surface area contributed by atoms with E-state index in [-0.39, 0.29) is 17.2 Å². The zero-order valence-corrected chi connectivity index (χ0v) is 12.9. The molecule has 6 heteroatoms. The highest BCUT2D eigenvalue weighted by Gasteiger charge is 2.57. The summed E-state index contributed by atoms with van der Waals surface area (Å²) in [6.45, 7) is 9.66.